The van der Waals surface area contributed by atoms with Gasteiger partial charge < -0.3 is 24.0 Å². The third kappa shape index (κ3) is 6.13. The average molecular weight is 421 g/mol. The van der Waals surface area contributed by atoms with E-state index in [0.29, 0.717) is 23.7 Å². The van der Waals surface area contributed by atoms with E-state index >= 15 is 0 Å². The topological polar surface area (TPSA) is 97.9 Å². The smallest absolute Gasteiger partial charge is 0.475 e. The molecule has 0 spiro atoms. The molecule has 11 heteroatoms. The van der Waals surface area contributed by atoms with Gasteiger partial charge in [0.15, 0.2) is 5.82 Å². The van der Waals surface area contributed by atoms with Crippen LogP contribution in [0.1, 0.15) is 43.5 Å². The molecule has 4 heterocycles. The molecule has 3 saturated heterocycles. The van der Waals surface area contributed by atoms with Crippen LogP contribution < -0.4 is 0 Å². The third-order valence-electron chi connectivity index (χ3n) is 5.55. The summed E-state index contributed by atoms with van der Waals surface area (Å²) in [6.07, 6.45) is -0.107. The fraction of sp³-hybridized carbons (Fsp3) is 0.833. The second kappa shape index (κ2) is 9.40. The number of alkyl halides is 3. The summed E-state index contributed by atoms with van der Waals surface area (Å²) in [5, 5.41) is 11.0. The minimum absolute atomic E-state index is 0.000712. The molecule has 3 aliphatic heterocycles. The summed E-state index contributed by atoms with van der Waals surface area (Å²) in [6.45, 7) is 7.15. The summed E-state index contributed by atoms with van der Waals surface area (Å²) >= 11 is 0. The number of likely N-dealkylation sites (tertiary alicyclic amines) is 1. The Labute approximate surface area is 166 Å². The molecule has 1 aromatic rings. The van der Waals surface area contributed by atoms with Crippen molar-refractivity contribution in [2.45, 2.75) is 51.0 Å². The Bertz CT molecular complexity index is 678. The Morgan fingerprint density at radius 1 is 1.28 bits per heavy atom. The molecule has 3 aliphatic rings. The molecular formula is C18H26F3N3O5. The number of aliphatic carboxylic acids is 1. The number of carboxylic acid groups (broad SMARTS) is 1. The number of nitrogens with zero attached hydrogens (tertiary/aromatic N) is 3. The van der Waals surface area contributed by atoms with Crippen molar-refractivity contribution in [2.24, 2.45) is 11.8 Å². The third-order valence-corrected chi connectivity index (χ3v) is 5.55. The van der Waals surface area contributed by atoms with Crippen LogP contribution in [0.4, 0.5) is 13.2 Å². The zero-order chi connectivity index (χ0) is 21.0. The maximum absolute atomic E-state index is 10.6. The van der Waals surface area contributed by atoms with Crippen LogP contribution in [0.25, 0.3) is 0 Å². The quantitative estimate of drug-likeness (QED) is 0.795. The first-order valence-electron chi connectivity index (χ1n) is 9.78. The number of hydrogen-bond acceptors (Lipinski definition) is 7. The van der Waals surface area contributed by atoms with Gasteiger partial charge in [-0.1, -0.05) is 5.16 Å². The molecule has 3 atom stereocenters. The Kier molecular flexibility index (Phi) is 7.12. The highest BCUT2D eigenvalue weighted by Crippen LogP contribution is 2.40. The summed E-state index contributed by atoms with van der Waals surface area (Å²) < 4.78 is 48.7. The molecule has 0 aromatic carbocycles. The van der Waals surface area contributed by atoms with Crippen molar-refractivity contribution >= 4 is 5.97 Å². The largest absolute Gasteiger partial charge is 0.490 e. The van der Waals surface area contributed by atoms with E-state index in [1.54, 1.807) is 0 Å². The van der Waals surface area contributed by atoms with Gasteiger partial charge in [0.25, 0.3) is 5.89 Å². The van der Waals surface area contributed by atoms with Gasteiger partial charge in [-0.05, 0) is 51.0 Å². The number of ether oxygens (including phenoxy) is 2. The van der Waals surface area contributed by atoms with E-state index in [-0.39, 0.29) is 6.10 Å². The summed E-state index contributed by atoms with van der Waals surface area (Å²) in [7, 11) is 0. The van der Waals surface area contributed by atoms with Gasteiger partial charge in [-0.3, -0.25) is 0 Å². The lowest BCUT2D eigenvalue weighted by Crippen LogP contribution is -2.44. The van der Waals surface area contributed by atoms with Crippen LogP contribution in [-0.2, 0) is 14.3 Å². The van der Waals surface area contributed by atoms with E-state index in [9.17, 15) is 13.2 Å². The van der Waals surface area contributed by atoms with Crippen molar-refractivity contribution in [3.05, 3.63) is 11.7 Å². The number of rotatable bonds is 3. The zero-order valence-corrected chi connectivity index (χ0v) is 16.2. The standard InChI is InChI=1S/C16H25N3O3.C2HF3O2/c1-11-17-16(22-18-11)14-8-13-2-5-19(10-15(13)21-14)9-12-3-6-20-7-4-12;3-2(4,5)1(6)7/h12-15H,2-10H2,1H3;(H,6,7)/t13-,14+,15+;/m0./s1. The number of carbonyl (C=O) groups is 1. The lowest BCUT2D eigenvalue weighted by molar-refractivity contribution is -0.192. The Hall–Kier alpha value is -1.72. The molecule has 0 amide bonds. The van der Waals surface area contributed by atoms with E-state index < -0.39 is 12.1 Å². The molecule has 4 rings (SSSR count). The van der Waals surface area contributed by atoms with E-state index in [4.69, 9.17) is 23.9 Å². The zero-order valence-electron chi connectivity index (χ0n) is 16.2. The normalized spacial score (nSPS) is 28.5. The molecule has 0 saturated carbocycles. The molecule has 0 bridgehead atoms. The molecule has 8 nitrogen and oxygen atoms in total. The first-order valence-corrected chi connectivity index (χ1v) is 9.78. The number of aryl methyl sites for hydroxylation is 1. The van der Waals surface area contributed by atoms with Crippen LogP contribution in [0.5, 0.6) is 0 Å². The van der Waals surface area contributed by atoms with Crippen LogP contribution in [0.3, 0.4) is 0 Å². The minimum Gasteiger partial charge on any atom is -0.475 e. The molecule has 0 aliphatic carbocycles. The lowest BCUT2D eigenvalue weighted by atomic mass is 9.90. The lowest BCUT2D eigenvalue weighted by Gasteiger charge is -2.36. The number of aromatic nitrogens is 2. The van der Waals surface area contributed by atoms with Gasteiger partial charge in [0.1, 0.15) is 6.10 Å². The van der Waals surface area contributed by atoms with Crippen LogP contribution in [-0.4, -0.2) is 71.2 Å². The van der Waals surface area contributed by atoms with Crippen LogP contribution >= 0.6 is 0 Å². The van der Waals surface area contributed by atoms with Gasteiger partial charge in [0.05, 0.1) is 6.10 Å². The van der Waals surface area contributed by atoms with Crippen LogP contribution in [0.2, 0.25) is 0 Å². The van der Waals surface area contributed by atoms with Gasteiger partial charge in [-0.25, -0.2) is 4.79 Å². The van der Waals surface area contributed by atoms with Gasteiger partial charge >= 0.3 is 12.1 Å². The second-order valence-corrected chi connectivity index (χ2v) is 7.75. The first-order chi connectivity index (χ1) is 13.7. The van der Waals surface area contributed by atoms with Crippen molar-refractivity contribution in [3.8, 4) is 0 Å². The SMILES string of the molecule is Cc1noc([C@H]2C[C@@H]3CCN(CC4CCOCC4)C[C@H]3O2)n1.O=C(O)C(F)(F)F. The number of fused-ring (bicyclic) bond motifs is 1. The average Bonchev–Trinajstić information content (AvgIpc) is 3.28. The van der Waals surface area contributed by atoms with E-state index in [1.165, 1.54) is 32.4 Å². The fourth-order valence-corrected chi connectivity index (χ4v) is 4.06. The molecule has 3 fully saturated rings. The molecular weight excluding hydrogens is 395 g/mol. The van der Waals surface area contributed by atoms with E-state index in [2.05, 4.69) is 15.0 Å². The Morgan fingerprint density at radius 3 is 2.55 bits per heavy atom. The number of carboxylic acids is 1. The number of piperidine rings is 1. The predicted octanol–water partition coefficient (Wildman–Crippen LogP) is 2.59. The van der Waals surface area contributed by atoms with Gasteiger partial charge in [0.2, 0.25) is 0 Å². The molecule has 0 unspecified atom stereocenters. The van der Waals surface area contributed by atoms with Gasteiger partial charge in [0, 0.05) is 26.3 Å². The maximum atomic E-state index is 10.6. The van der Waals surface area contributed by atoms with Crippen molar-refractivity contribution in [3.63, 3.8) is 0 Å². The molecule has 0 radical (unpaired) electrons. The predicted molar refractivity (Wildman–Crippen MR) is 93.0 cm³/mol. The first kappa shape index (κ1) is 22.0. The van der Waals surface area contributed by atoms with E-state index in [1.807, 2.05) is 6.92 Å². The molecule has 164 valence electrons. The second-order valence-electron chi connectivity index (χ2n) is 7.75. The molecule has 29 heavy (non-hydrogen) atoms. The Morgan fingerprint density at radius 2 is 1.97 bits per heavy atom. The van der Waals surface area contributed by atoms with Gasteiger partial charge in [-0.15, -0.1) is 0 Å². The van der Waals surface area contributed by atoms with Crippen molar-refractivity contribution in [1.82, 2.24) is 15.0 Å². The van der Waals surface area contributed by atoms with Gasteiger partial charge in [-0.2, -0.15) is 18.2 Å². The minimum atomic E-state index is -5.08. The number of halogens is 3. The van der Waals surface area contributed by atoms with Crippen molar-refractivity contribution in [2.75, 3.05) is 32.8 Å². The number of hydrogen-bond donors (Lipinski definition) is 1. The Balaban J connectivity index is 0.000000298. The monoisotopic (exact) mass is 421 g/mol. The summed E-state index contributed by atoms with van der Waals surface area (Å²) in [5.41, 5.74) is 0. The van der Waals surface area contributed by atoms with Crippen molar-refractivity contribution in [1.29, 1.82) is 0 Å². The van der Waals surface area contributed by atoms with E-state index in [0.717, 1.165) is 32.1 Å². The van der Waals surface area contributed by atoms with Crippen LogP contribution in [0, 0.1) is 18.8 Å². The summed E-state index contributed by atoms with van der Waals surface area (Å²) in [6, 6.07) is 0. The highest BCUT2D eigenvalue weighted by Gasteiger charge is 2.42. The van der Waals surface area contributed by atoms with Crippen molar-refractivity contribution < 1.29 is 37.1 Å². The molecule has 1 aromatic heterocycles. The molecule has 1 N–H and O–H groups in total. The highest BCUT2D eigenvalue weighted by molar-refractivity contribution is 5.73. The highest BCUT2D eigenvalue weighted by atomic mass is 19.4. The van der Waals surface area contributed by atoms with Crippen LogP contribution in [0.15, 0.2) is 4.52 Å². The maximum Gasteiger partial charge on any atom is 0.490 e. The summed E-state index contributed by atoms with van der Waals surface area (Å²) in [4.78, 5) is 15.8. The summed E-state index contributed by atoms with van der Waals surface area (Å²) in [5.74, 6) is 0.0224. The fourth-order valence-electron chi connectivity index (χ4n) is 4.06.